The lowest BCUT2D eigenvalue weighted by atomic mass is 10.1. The third-order valence-corrected chi connectivity index (χ3v) is 3.23. The summed E-state index contributed by atoms with van der Waals surface area (Å²) >= 11 is 0. The summed E-state index contributed by atoms with van der Waals surface area (Å²) < 4.78 is 5.42. The van der Waals surface area contributed by atoms with Crippen LogP contribution in [-0.2, 0) is 6.54 Å². The van der Waals surface area contributed by atoms with E-state index in [9.17, 15) is 15.2 Å². The summed E-state index contributed by atoms with van der Waals surface area (Å²) in [6.45, 7) is 8.08. The minimum Gasteiger partial charge on any atom is -0.484 e. The molecule has 1 atom stereocenters. The lowest BCUT2D eigenvalue weighted by Crippen LogP contribution is -2.31. The molecular weight excluding hydrogens is 272 g/mol. The zero-order valence-corrected chi connectivity index (χ0v) is 13.0. The molecule has 21 heavy (non-hydrogen) atoms. The van der Waals surface area contributed by atoms with Gasteiger partial charge in [0.15, 0.2) is 5.75 Å². The Hall–Kier alpha value is -1.66. The lowest BCUT2D eigenvalue weighted by molar-refractivity contribution is -0.386. The minimum absolute atomic E-state index is 0.0218. The number of nitro benzene ring substituents is 1. The zero-order chi connectivity index (χ0) is 16.0. The normalized spacial score (nSPS) is 14.0. The second kappa shape index (κ2) is 7.38. The van der Waals surface area contributed by atoms with Crippen molar-refractivity contribution in [3.63, 3.8) is 0 Å². The van der Waals surface area contributed by atoms with Gasteiger partial charge >= 0.3 is 5.69 Å². The van der Waals surface area contributed by atoms with Crippen molar-refractivity contribution in [2.45, 2.75) is 52.3 Å². The number of nitrogens with zero attached hydrogens (tertiary/aromatic N) is 1. The van der Waals surface area contributed by atoms with Gasteiger partial charge in [-0.3, -0.25) is 10.1 Å². The van der Waals surface area contributed by atoms with E-state index in [2.05, 4.69) is 5.32 Å². The van der Waals surface area contributed by atoms with E-state index in [1.165, 1.54) is 6.07 Å². The molecule has 2 N–H and O–H groups in total. The lowest BCUT2D eigenvalue weighted by Gasteiger charge is -2.21. The number of nitro groups is 1. The summed E-state index contributed by atoms with van der Waals surface area (Å²) in [5.74, 6) is 0.182. The van der Waals surface area contributed by atoms with Crippen LogP contribution in [0.5, 0.6) is 5.75 Å². The highest BCUT2D eigenvalue weighted by molar-refractivity contribution is 5.48. The first-order valence-electron chi connectivity index (χ1n) is 7.11. The van der Waals surface area contributed by atoms with Crippen LogP contribution < -0.4 is 10.1 Å². The number of benzene rings is 1. The zero-order valence-electron chi connectivity index (χ0n) is 13.0. The van der Waals surface area contributed by atoms with Gasteiger partial charge in [0.2, 0.25) is 0 Å². The van der Waals surface area contributed by atoms with Crippen molar-refractivity contribution >= 4 is 5.69 Å². The molecule has 0 amide bonds. The van der Waals surface area contributed by atoms with Crippen molar-refractivity contribution < 1.29 is 14.8 Å². The van der Waals surface area contributed by atoms with Crippen LogP contribution in [0.1, 0.15) is 39.7 Å². The molecule has 0 saturated heterocycles. The Kier molecular flexibility index (Phi) is 6.11. The number of rotatable bonds is 8. The molecule has 1 rings (SSSR count). The average Bonchev–Trinajstić information content (AvgIpc) is 2.43. The molecule has 0 bridgehead atoms. The Labute approximate surface area is 125 Å². The molecule has 118 valence electrons. The highest BCUT2D eigenvalue weighted by atomic mass is 16.6. The predicted octanol–water partition coefficient (Wildman–Crippen LogP) is 2.63. The molecule has 0 aliphatic heterocycles. The van der Waals surface area contributed by atoms with Crippen molar-refractivity contribution in [1.29, 1.82) is 0 Å². The highest BCUT2D eigenvalue weighted by Crippen LogP contribution is 2.29. The SMILES string of the molecule is CCC(C)(O)COc1ccc(CNC(C)C)cc1[N+](=O)[O-]. The Morgan fingerprint density at radius 1 is 1.48 bits per heavy atom. The van der Waals surface area contributed by atoms with Crippen LogP contribution in [0.4, 0.5) is 5.69 Å². The van der Waals surface area contributed by atoms with E-state index >= 15 is 0 Å². The van der Waals surface area contributed by atoms with Gasteiger partial charge in [-0.2, -0.15) is 0 Å². The van der Waals surface area contributed by atoms with Crippen molar-refractivity contribution in [2.24, 2.45) is 0 Å². The first-order valence-corrected chi connectivity index (χ1v) is 7.11. The maximum atomic E-state index is 11.1. The fourth-order valence-electron chi connectivity index (χ4n) is 1.59. The Morgan fingerprint density at radius 3 is 2.67 bits per heavy atom. The van der Waals surface area contributed by atoms with Crippen molar-refractivity contribution in [1.82, 2.24) is 5.32 Å². The van der Waals surface area contributed by atoms with E-state index < -0.39 is 10.5 Å². The third kappa shape index (κ3) is 5.69. The summed E-state index contributed by atoms with van der Waals surface area (Å²) in [4.78, 5) is 10.7. The molecule has 0 radical (unpaired) electrons. The second-order valence-corrected chi connectivity index (χ2v) is 5.73. The molecule has 0 aliphatic rings. The number of hydrogen-bond acceptors (Lipinski definition) is 5. The van der Waals surface area contributed by atoms with E-state index in [-0.39, 0.29) is 18.0 Å². The molecule has 0 saturated carbocycles. The molecule has 1 unspecified atom stereocenters. The molecule has 0 aliphatic carbocycles. The van der Waals surface area contributed by atoms with Crippen LogP contribution in [0.15, 0.2) is 18.2 Å². The van der Waals surface area contributed by atoms with E-state index in [1.807, 2.05) is 20.8 Å². The Morgan fingerprint density at radius 2 is 2.14 bits per heavy atom. The smallest absolute Gasteiger partial charge is 0.311 e. The number of aliphatic hydroxyl groups is 1. The van der Waals surface area contributed by atoms with Gasteiger partial charge in [-0.1, -0.05) is 26.8 Å². The van der Waals surface area contributed by atoms with E-state index in [4.69, 9.17) is 4.74 Å². The number of nitrogens with one attached hydrogen (secondary N) is 1. The van der Waals surface area contributed by atoms with Gasteiger partial charge in [0.25, 0.3) is 0 Å². The molecule has 1 aromatic rings. The summed E-state index contributed by atoms with van der Waals surface area (Å²) in [6.07, 6.45) is 0.511. The maximum absolute atomic E-state index is 11.1. The summed E-state index contributed by atoms with van der Waals surface area (Å²) in [6, 6.07) is 5.19. The standard InChI is InChI=1S/C15H24N2O4/c1-5-15(4,18)10-21-14-7-6-12(9-16-11(2)3)8-13(14)17(19)20/h6-8,11,16,18H,5,9-10H2,1-4H3. The fraction of sp³-hybridized carbons (Fsp3) is 0.600. The fourth-order valence-corrected chi connectivity index (χ4v) is 1.59. The first kappa shape index (κ1) is 17.4. The van der Waals surface area contributed by atoms with Gasteiger partial charge in [0.05, 0.1) is 10.5 Å². The average molecular weight is 296 g/mol. The van der Waals surface area contributed by atoms with Gasteiger partial charge in [-0.15, -0.1) is 0 Å². The summed E-state index contributed by atoms with van der Waals surface area (Å²) in [7, 11) is 0. The van der Waals surface area contributed by atoms with Crippen LogP contribution in [0.2, 0.25) is 0 Å². The molecule has 0 fully saturated rings. The van der Waals surface area contributed by atoms with Crippen LogP contribution in [0.25, 0.3) is 0 Å². The molecule has 6 heteroatoms. The number of ether oxygens (including phenoxy) is 1. The van der Waals surface area contributed by atoms with Crippen LogP contribution in [0, 0.1) is 10.1 Å². The molecular formula is C15H24N2O4. The van der Waals surface area contributed by atoms with Crippen LogP contribution in [0.3, 0.4) is 0 Å². The predicted molar refractivity (Wildman–Crippen MR) is 81.5 cm³/mol. The van der Waals surface area contributed by atoms with Crippen LogP contribution in [-0.4, -0.2) is 28.3 Å². The van der Waals surface area contributed by atoms with Gasteiger partial charge in [-0.05, 0) is 25.0 Å². The second-order valence-electron chi connectivity index (χ2n) is 5.73. The first-order chi connectivity index (χ1) is 9.75. The summed E-state index contributed by atoms with van der Waals surface area (Å²) in [5.41, 5.74) is -0.249. The maximum Gasteiger partial charge on any atom is 0.311 e. The van der Waals surface area contributed by atoms with Crippen molar-refractivity contribution in [3.05, 3.63) is 33.9 Å². The van der Waals surface area contributed by atoms with Gasteiger partial charge in [0, 0.05) is 18.7 Å². The van der Waals surface area contributed by atoms with E-state index in [1.54, 1.807) is 19.1 Å². The van der Waals surface area contributed by atoms with Crippen molar-refractivity contribution in [2.75, 3.05) is 6.61 Å². The summed E-state index contributed by atoms with van der Waals surface area (Å²) in [5, 5.41) is 24.3. The Bertz CT molecular complexity index is 487. The molecule has 6 nitrogen and oxygen atoms in total. The molecule has 0 spiro atoms. The molecule has 0 aromatic heterocycles. The largest absolute Gasteiger partial charge is 0.484 e. The van der Waals surface area contributed by atoms with E-state index in [0.717, 1.165) is 5.56 Å². The van der Waals surface area contributed by atoms with Gasteiger partial charge in [-0.25, -0.2) is 0 Å². The number of hydrogen-bond donors (Lipinski definition) is 2. The Balaban J connectivity index is 2.87. The molecule has 1 aromatic carbocycles. The van der Waals surface area contributed by atoms with Crippen molar-refractivity contribution in [3.8, 4) is 5.75 Å². The van der Waals surface area contributed by atoms with Gasteiger partial charge < -0.3 is 15.2 Å². The topological polar surface area (TPSA) is 84.6 Å². The quantitative estimate of drug-likeness (QED) is 0.569. The monoisotopic (exact) mass is 296 g/mol. The third-order valence-electron chi connectivity index (χ3n) is 3.23. The van der Waals surface area contributed by atoms with E-state index in [0.29, 0.717) is 19.0 Å². The minimum atomic E-state index is -0.994. The molecule has 0 heterocycles. The highest BCUT2D eigenvalue weighted by Gasteiger charge is 2.22. The van der Waals surface area contributed by atoms with Crippen LogP contribution >= 0.6 is 0 Å². The van der Waals surface area contributed by atoms with Gasteiger partial charge in [0.1, 0.15) is 6.61 Å².